The van der Waals surface area contributed by atoms with E-state index in [1.165, 1.54) is 24.3 Å². The summed E-state index contributed by atoms with van der Waals surface area (Å²) in [6, 6.07) is 15.2. The Balaban J connectivity index is 1.80. The van der Waals surface area contributed by atoms with Crippen molar-refractivity contribution in [3.05, 3.63) is 78.2 Å². The zero-order valence-electron chi connectivity index (χ0n) is 13.3. The number of halogens is 3. The van der Waals surface area contributed by atoms with E-state index < -0.39 is 17.6 Å². The molecule has 3 rings (SSSR count). The zero-order valence-corrected chi connectivity index (χ0v) is 13.3. The molecule has 0 bridgehead atoms. The van der Waals surface area contributed by atoms with Crippen LogP contribution in [0.2, 0.25) is 0 Å². The van der Waals surface area contributed by atoms with Crippen molar-refractivity contribution in [1.29, 1.82) is 0 Å². The highest BCUT2D eigenvalue weighted by molar-refractivity contribution is 6.03. The van der Waals surface area contributed by atoms with Crippen molar-refractivity contribution in [2.45, 2.75) is 6.18 Å². The lowest BCUT2D eigenvalue weighted by molar-refractivity contribution is -0.136. The molecule has 1 aromatic heterocycles. The number of nitrogens with zero attached hydrogens (tertiary/aromatic N) is 2. The number of carbonyl (C=O) groups excluding carboxylic acids is 1. The van der Waals surface area contributed by atoms with E-state index in [0.29, 0.717) is 5.82 Å². The molecule has 0 unspecified atom stereocenters. The summed E-state index contributed by atoms with van der Waals surface area (Å²) in [5.41, 5.74) is -0.568. The monoisotopic (exact) mass is 358 g/mol. The molecule has 0 spiro atoms. The van der Waals surface area contributed by atoms with Crippen LogP contribution in [0.4, 0.5) is 30.4 Å². The molecule has 0 aliphatic heterocycles. The number of rotatable bonds is 4. The van der Waals surface area contributed by atoms with E-state index in [4.69, 9.17) is 0 Å². The molecule has 2 aromatic carbocycles. The summed E-state index contributed by atoms with van der Waals surface area (Å²) >= 11 is 0. The van der Waals surface area contributed by atoms with Gasteiger partial charge in [0.25, 0.3) is 5.91 Å². The van der Waals surface area contributed by atoms with Crippen LogP contribution in [0.3, 0.4) is 0 Å². The summed E-state index contributed by atoms with van der Waals surface area (Å²) < 4.78 is 39.1. The number of amides is 1. The van der Waals surface area contributed by atoms with Crippen molar-refractivity contribution < 1.29 is 18.0 Å². The van der Waals surface area contributed by atoms with Gasteiger partial charge in [-0.15, -0.1) is 0 Å². The molecule has 8 heteroatoms. The minimum atomic E-state index is -4.57. The van der Waals surface area contributed by atoms with E-state index in [9.17, 15) is 18.0 Å². The molecule has 26 heavy (non-hydrogen) atoms. The Bertz CT molecular complexity index is 914. The first-order valence-corrected chi connectivity index (χ1v) is 7.55. The highest BCUT2D eigenvalue weighted by Gasteiger charge is 2.33. The van der Waals surface area contributed by atoms with Crippen molar-refractivity contribution in [2.75, 3.05) is 10.6 Å². The molecule has 1 amide bonds. The first kappa shape index (κ1) is 17.4. The minimum Gasteiger partial charge on any atom is -0.340 e. The second-order valence-electron chi connectivity index (χ2n) is 5.28. The van der Waals surface area contributed by atoms with E-state index in [1.807, 2.05) is 18.2 Å². The van der Waals surface area contributed by atoms with E-state index in [-0.39, 0.29) is 11.4 Å². The van der Waals surface area contributed by atoms with Gasteiger partial charge in [0.05, 0.1) is 11.3 Å². The van der Waals surface area contributed by atoms with Gasteiger partial charge in [0, 0.05) is 11.8 Å². The number of para-hydroxylation sites is 2. The highest BCUT2D eigenvalue weighted by Crippen LogP contribution is 2.34. The third-order valence-electron chi connectivity index (χ3n) is 3.43. The summed E-state index contributed by atoms with van der Waals surface area (Å²) in [6.07, 6.45) is -3.41. The van der Waals surface area contributed by atoms with Gasteiger partial charge in [-0.25, -0.2) is 9.97 Å². The van der Waals surface area contributed by atoms with Gasteiger partial charge in [0.1, 0.15) is 17.8 Å². The number of benzene rings is 2. The molecule has 0 atom stereocenters. The number of alkyl halides is 3. The number of anilines is 3. The third-order valence-corrected chi connectivity index (χ3v) is 3.43. The first-order chi connectivity index (χ1) is 12.4. The maximum absolute atomic E-state index is 13.0. The van der Waals surface area contributed by atoms with E-state index in [1.54, 1.807) is 12.1 Å². The Morgan fingerprint density at radius 3 is 2.35 bits per heavy atom. The normalized spacial score (nSPS) is 11.0. The number of aromatic nitrogens is 2. The standard InChI is InChI=1S/C18H13F3N4O/c19-18(20,21)13-8-4-5-9-14(13)25-17(26)15-10-16(23-11-22-15)24-12-6-2-1-3-7-12/h1-11H,(H,25,26)(H,22,23,24). The molecule has 1 heterocycles. The van der Waals surface area contributed by atoms with Crippen LogP contribution in [-0.4, -0.2) is 15.9 Å². The average Bonchev–Trinajstić information content (AvgIpc) is 2.62. The van der Waals surface area contributed by atoms with Crippen molar-refractivity contribution >= 4 is 23.1 Å². The predicted molar refractivity (Wildman–Crippen MR) is 91.2 cm³/mol. The lowest BCUT2D eigenvalue weighted by Gasteiger charge is -2.13. The molecule has 0 fully saturated rings. The Morgan fingerprint density at radius 1 is 0.923 bits per heavy atom. The maximum atomic E-state index is 13.0. The van der Waals surface area contributed by atoms with E-state index in [0.717, 1.165) is 18.1 Å². The molecule has 3 aromatic rings. The van der Waals surface area contributed by atoms with Crippen LogP contribution < -0.4 is 10.6 Å². The lowest BCUT2D eigenvalue weighted by Crippen LogP contribution is -2.18. The Hall–Kier alpha value is -3.42. The van der Waals surface area contributed by atoms with Gasteiger partial charge in [-0.05, 0) is 24.3 Å². The summed E-state index contributed by atoms with van der Waals surface area (Å²) in [6.45, 7) is 0. The van der Waals surface area contributed by atoms with Crippen molar-refractivity contribution in [1.82, 2.24) is 9.97 Å². The highest BCUT2D eigenvalue weighted by atomic mass is 19.4. The van der Waals surface area contributed by atoms with Gasteiger partial charge in [-0.2, -0.15) is 13.2 Å². The second-order valence-corrected chi connectivity index (χ2v) is 5.28. The SMILES string of the molecule is O=C(Nc1ccccc1C(F)(F)F)c1cc(Nc2ccccc2)ncn1. The molecular formula is C18H13F3N4O. The number of hydrogen-bond donors (Lipinski definition) is 2. The average molecular weight is 358 g/mol. The molecule has 132 valence electrons. The molecule has 0 aliphatic rings. The summed E-state index contributed by atoms with van der Waals surface area (Å²) in [5.74, 6) is -0.416. The molecular weight excluding hydrogens is 345 g/mol. The van der Waals surface area contributed by atoms with Gasteiger partial charge < -0.3 is 10.6 Å². The van der Waals surface area contributed by atoms with Crippen molar-refractivity contribution in [3.63, 3.8) is 0 Å². The Kier molecular flexibility index (Phi) is 4.83. The minimum absolute atomic E-state index is 0.0598. The molecule has 2 N–H and O–H groups in total. The van der Waals surface area contributed by atoms with Gasteiger partial charge >= 0.3 is 6.18 Å². The summed E-state index contributed by atoms with van der Waals surface area (Å²) in [4.78, 5) is 20.1. The van der Waals surface area contributed by atoms with Crippen LogP contribution >= 0.6 is 0 Å². The van der Waals surface area contributed by atoms with Gasteiger partial charge in [0.2, 0.25) is 0 Å². The Labute approximate surface area is 146 Å². The van der Waals surface area contributed by atoms with E-state index in [2.05, 4.69) is 20.6 Å². The fourth-order valence-corrected chi connectivity index (χ4v) is 2.24. The van der Waals surface area contributed by atoms with Crippen LogP contribution in [0.25, 0.3) is 0 Å². The van der Waals surface area contributed by atoms with Crippen molar-refractivity contribution in [3.8, 4) is 0 Å². The van der Waals surface area contributed by atoms with Crippen molar-refractivity contribution in [2.24, 2.45) is 0 Å². The maximum Gasteiger partial charge on any atom is 0.418 e. The molecule has 0 saturated carbocycles. The number of nitrogens with one attached hydrogen (secondary N) is 2. The first-order valence-electron chi connectivity index (χ1n) is 7.55. The fraction of sp³-hybridized carbons (Fsp3) is 0.0556. The number of carbonyl (C=O) groups is 1. The second kappa shape index (κ2) is 7.22. The van der Waals surface area contributed by atoms with E-state index >= 15 is 0 Å². The third kappa shape index (κ3) is 4.15. The topological polar surface area (TPSA) is 66.9 Å². The van der Waals surface area contributed by atoms with Gasteiger partial charge in [-0.1, -0.05) is 30.3 Å². The van der Waals surface area contributed by atoms with Gasteiger partial charge in [0.15, 0.2) is 0 Å². The van der Waals surface area contributed by atoms with Crippen LogP contribution in [0.5, 0.6) is 0 Å². The van der Waals surface area contributed by atoms with Gasteiger partial charge in [-0.3, -0.25) is 4.79 Å². The van der Waals surface area contributed by atoms with Crippen LogP contribution in [0.1, 0.15) is 16.1 Å². The van der Waals surface area contributed by atoms with Crippen LogP contribution in [0, 0.1) is 0 Å². The fourth-order valence-electron chi connectivity index (χ4n) is 2.24. The summed E-state index contributed by atoms with van der Waals surface area (Å²) in [7, 11) is 0. The lowest BCUT2D eigenvalue weighted by atomic mass is 10.1. The Morgan fingerprint density at radius 2 is 1.62 bits per heavy atom. The van der Waals surface area contributed by atoms with Crippen LogP contribution in [0.15, 0.2) is 67.0 Å². The molecule has 0 aliphatic carbocycles. The quantitative estimate of drug-likeness (QED) is 0.721. The smallest absolute Gasteiger partial charge is 0.340 e. The molecule has 0 radical (unpaired) electrons. The molecule has 5 nitrogen and oxygen atoms in total. The predicted octanol–water partition coefficient (Wildman–Crippen LogP) is 4.49. The summed E-state index contributed by atoms with van der Waals surface area (Å²) in [5, 5.41) is 5.24. The van der Waals surface area contributed by atoms with Crippen LogP contribution in [-0.2, 0) is 6.18 Å². The largest absolute Gasteiger partial charge is 0.418 e. The zero-order chi connectivity index (χ0) is 18.6. The number of hydrogen-bond acceptors (Lipinski definition) is 4. The molecule has 0 saturated heterocycles.